The van der Waals surface area contributed by atoms with Crippen molar-refractivity contribution in [2.24, 2.45) is 4.99 Å². The van der Waals surface area contributed by atoms with Gasteiger partial charge >= 0.3 is 0 Å². The summed E-state index contributed by atoms with van der Waals surface area (Å²) < 4.78 is 6.50. The van der Waals surface area contributed by atoms with Gasteiger partial charge < -0.3 is 9.53 Å². The highest BCUT2D eigenvalue weighted by atomic mass is 16.5. The predicted octanol–water partition coefficient (Wildman–Crippen LogP) is 0.732. The van der Waals surface area contributed by atoms with E-state index in [2.05, 4.69) is 15.0 Å². The van der Waals surface area contributed by atoms with Crippen LogP contribution in [0.5, 0.6) is 0 Å². The summed E-state index contributed by atoms with van der Waals surface area (Å²) in [6, 6.07) is 1.24. The lowest BCUT2D eigenvalue weighted by atomic mass is 10.2. The molecule has 0 saturated carbocycles. The van der Waals surface area contributed by atoms with Gasteiger partial charge in [0.15, 0.2) is 5.65 Å². The Bertz CT molecular complexity index is 751. The number of aldehydes is 1. The molecule has 0 aromatic carbocycles. The van der Waals surface area contributed by atoms with Gasteiger partial charge in [-0.15, -0.1) is 0 Å². The van der Waals surface area contributed by atoms with Crippen molar-refractivity contribution in [2.45, 2.75) is 26.4 Å². The Balaban J connectivity index is 2.46. The van der Waals surface area contributed by atoms with Crippen molar-refractivity contribution < 1.29 is 9.53 Å². The molecule has 0 radical (unpaired) electrons. The van der Waals surface area contributed by atoms with Gasteiger partial charge in [-0.3, -0.25) is 9.36 Å². The van der Waals surface area contributed by atoms with E-state index in [1.807, 2.05) is 6.92 Å². The molecule has 7 nitrogen and oxygen atoms in total. The quantitative estimate of drug-likeness (QED) is 0.470. The van der Waals surface area contributed by atoms with E-state index in [9.17, 15) is 9.59 Å². The van der Waals surface area contributed by atoms with Crippen LogP contribution in [0.4, 0.5) is 0 Å². The second-order valence-corrected chi connectivity index (χ2v) is 4.61. The van der Waals surface area contributed by atoms with Crippen molar-refractivity contribution in [3.8, 4) is 0 Å². The van der Waals surface area contributed by atoms with Gasteiger partial charge in [0.25, 0.3) is 5.56 Å². The minimum Gasteiger partial charge on any atom is -0.483 e. The largest absolute Gasteiger partial charge is 0.483 e. The topological polar surface area (TPSA) is 86.4 Å². The Hall–Kier alpha value is -2.57. The highest BCUT2D eigenvalue weighted by Gasteiger charge is 2.10. The Morgan fingerprint density at radius 3 is 2.95 bits per heavy atom. The Morgan fingerprint density at radius 1 is 1.52 bits per heavy atom. The van der Waals surface area contributed by atoms with Crippen molar-refractivity contribution in [1.29, 1.82) is 0 Å². The first-order valence-electron chi connectivity index (χ1n) is 6.43. The standard InChI is InChI=1S/C14H16N4O3/c1-9-4-5-15-13-12(9)14(20)18(8-16-13)6-11(21-3)17-10(2)7-19/h4-5,7-8,10H,6H2,1-3H3/b17-11-. The summed E-state index contributed by atoms with van der Waals surface area (Å²) in [7, 11) is 1.45. The number of fused-ring (bicyclic) bond motifs is 1. The molecule has 110 valence electrons. The van der Waals surface area contributed by atoms with E-state index in [1.165, 1.54) is 18.0 Å². The first kappa shape index (κ1) is 14.8. The van der Waals surface area contributed by atoms with Crippen LogP contribution in [-0.2, 0) is 16.1 Å². The Morgan fingerprint density at radius 2 is 2.29 bits per heavy atom. The van der Waals surface area contributed by atoms with E-state index >= 15 is 0 Å². The van der Waals surface area contributed by atoms with Crippen LogP contribution >= 0.6 is 0 Å². The van der Waals surface area contributed by atoms with Crippen molar-refractivity contribution in [2.75, 3.05) is 7.11 Å². The average Bonchev–Trinajstić information content (AvgIpc) is 2.48. The SMILES string of the molecule is CO/C(Cn1cnc2nccc(C)c2c1=O)=N\C(C)C=O. The summed E-state index contributed by atoms with van der Waals surface area (Å²) >= 11 is 0. The highest BCUT2D eigenvalue weighted by molar-refractivity contribution is 5.79. The number of carbonyl (C=O) groups is 1. The first-order chi connectivity index (χ1) is 10.1. The molecule has 2 aromatic heterocycles. The molecule has 0 aliphatic heterocycles. The molecule has 1 atom stereocenters. The van der Waals surface area contributed by atoms with Crippen LogP contribution in [0.15, 0.2) is 28.4 Å². The zero-order chi connectivity index (χ0) is 15.4. The molecule has 0 aliphatic carbocycles. The van der Waals surface area contributed by atoms with Crippen LogP contribution in [0.3, 0.4) is 0 Å². The van der Waals surface area contributed by atoms with Crippen LogP contribution in [0.25, 0.3) is 11.0 Å². The molecule has 1 unspecified atom stereocenters. The summed E-state index contributed by atoms with van der Waals surface area (Å²) in [6.07, 6.45) is 3.72. The van der Waals surface area contributed by atoms with Gasteiger partial charge in [-0.05, 0) is 25.5 Å². The third-order valence-corrected chi connectivity index (χ3v) is 3.02. The van der Waals surface area contributed by atoms with Crippen LogP contribution in [0, 0.1) is 6.92 Å². The number of ether oxygens (including phenoxy) is 1. The number of carbonyl (C=O) groups excluding carboxylic acids is 1. The molecule has 2 heterocycles. The zero-order valence-electron chi connectivity index (χ0n) is 12.1. The number of pyridine rings is 1. The van der Waals surface area contributed by atoms with Gasteiger partial charge in [0, 0.05) is 6.20 Å². The van der Waals surface area contributed by atoms with Gasteiger partial charge in [0.05, 0.1) is 12.5 Å². The summed E-state index contributed by atoms with van der Waals surface area (Å²) in [5.74, 6) is 0.291. The van der Waals surface area contributed by atoms with Gasteiger partial charge in [0.2, 0.25) is 5.90 Å². The lowest BCUT2D eigenvalue weighted by Gasteiger charge is -2.10. The molecule has 0 amide bonds. The Labute approximate surface area is 121 Å². The number of rotatable bonds is 4. The number of hydrogen-bond acceptors (Lipinski definition) is 6. The molecule has 7 heteroatoms. The molecule has 21 heavy (non-hydrogen) atoms. The van der Waals surface area contributed by atoms with Crippen molar-refractivity contribution in [3.63, 3.8) is 0 Å². The number of methoxy groups -OCH3 is 1. The van der Waals surface area contributed by atoms with Crippen LogP contribution < -0.4 is 5.56 Å². The van der Waals surface area contributed by atoms with Crippen LogP contribution in [-0.4, -0.2) is 39.9 Å². The van der Waals surface area contributed by atoms with E-state index < -0.39 is 6.04 Å². The molecular formula is C14H16N4O3. The zero-order valence-corrected chi connectivity index (χ0v) is 12.1. The monoisotopic (exact) mass is 288 g/mol. The summed E-state index contributed by atoms with van der Waals surface area (Å²) in [5, 5.41) is 0.471. The van der Waals surface area contributed by atoms with E-state index in [0.29, 0.717) is 23.2 Å². The number of aliphatic imine (C=N–C) groups is 1. The second-order valence-electron chi connectivity index (χ2n) is 4.61. The number of nitrogens with zero attached hydrogens (tertiary/aromatic N) is 4. The molecular weight excluding hydrogens is 272 g/mol. The van der Waals surface area contributed by atoms with Gasteiger partial charge in [-0.2, -0.15) is 0 Å². The molecule has 0 fully saturated rings. The fraction of sp³-hybridized carbons (Fsp3) is 0.357. The van der Waals surface area contributed by atoms with Gasteiger partial charge in [-0.1, -0.05) is 0 Å². The number of aromatic nitrogens is 3. The summed E-state index contributed by atoms with van der Waals surface area (Å²) in [6.45, 7) is 3.59. The normalized spacial score (nSPS) is 13.2. The maximum atomic E-state index is 12.5. The average molecular weight is 288 g/mol. The minimum atomic E-state index is -0.521. The smallest absolute Gasteiger partial charge is 0.263 e. The maximum absolute atomic E-state index is 12.5. The predicted molar refractivity (Wildman–Crippen MR) is 78.5 cm³/mol. The minimum absolute atomic E-state index is 0.116. The third-order valence-electron chi connectivity index (χ3n) is 3.02. The molecule has 0 spiro atoms. The molecule has 0 aliphatic rings. The van der Waals surface area contributed by atoms with Crippen LogP contribution in [0.1, 0.15) is 12.5 Å². The molecule has 0 saturated heterocycles. The number of aryl methyl sites for hydroxylation is 1. The summed E-state index contributed by atoms with van der Waals surface area (Å²) in [5.41, 5.74) is 1.01. The van der Waals surface area contributed by atoms with E-state index in [1.54, 1.807) is 19.2 Å². The summed E-state index contributed by atoms with van der Waals surface area (Å²) in [4.78, 5) is 35.4. The lowest BCUT2D eigenvalue weighted by molar-refractivity contribution is -0.108. The van der Waals surface area contributed by atoms with Crippen molar-refractivity contribution >= 4 is 23.2 Å². The van der Waals surface area contributed by atoms with E-state index in [-0.39, 0.29) is 12.1 Å². The number of hydrogen-bond donors (Lipinski definition) is 0. The second kappa shape index (κ2) is 6.25. The molecule has 2 aromatic rings. The first-order valence-corrected chi connectivity index (χ1v) is 6.43. The third kappa shape index (κ3) is 3.13. The molecule has 0 N–H and O–H groups in total. The highest BCUT2D eigenvalue weighted by Crippen LogP contribution is 2.08. The fourth-order valence-corrected chi connectivity index (χ4v) is 1.90. The lowest BCUT2D eigenvalue weighted by Crippen LogP contribution is -2.26. The van der Waals surface area contributed by atoms with Gasteiger partial charge in [-0.25, -0.2) is 15.0 Å². The van der Waals surface area contributed by atoms with Crippen LogP contribution in [0.2, 0.25) is 0 Å². The fourth-order valence-electron chi connectivity index (χ4n) is 1.90. The maximum Gasteiger partial charge on any atom is 0.263 e. The van der Waals surface area contributed by atoms with Gasteiger partial charge in [0.1, 0.15) is 25.2 Å². The Kier molecular flexibility index (Phi) is 4.42. The molecule has 2 rings (SSSR count). The van der Waals surface area contributed by atoms with Crippen molar-refractivity contribution in [1.82, 2.24) is 14.5 Å². The molecule has 0 bridgehead atoms. The van der Waals surface area contributed by atoms with Crippen molar-refractivity contribution in [3.05, 3.63) is 34.5 Å². The van der Waals surface area contributed by atoms with E-state index in [4.69, 9.17) is 4.74 Å². The van der Waals surface area contributed by atoms with E-state index in [0.717, 1.165) is 5.56 Å².